The van der Waals surface area contributed by atoms with E-state index in [1.165, 1.54) is 43.2 Å². The summed E-state index contributed by atoms with van der Waals surface area (Å²) in [5.74, 6) is 1.93. The lowest BCUT2D eigenvalue weighted by atomic mass is 9.79. The minimum Gasteiger partial charge on any atom is -0.496 e. The maximum atomic E-state index is 5.46. The molecule has 0 radical (unpaired) electrons. The first-order valence-corrected chi connectivity index (χ1v) is 7.62. The first-order valence-electron chi connectivity index (χ1n) is 7.62. The lowest BCUT2D eigenvalue weighted by Gasteiger charge is -2.30. The summed E-state index contributed by atoms with van der Waals surface area (Å²) in [5, 5.41) is 3.70. The minimum atomic E-state index is 0.486. The van der Waals surface area contributed by atoms with E-state index in [0.717, 1.165) is 18.2 Å². The van der Waals surface area contributed by atoms with Gasteiger partial charge in [-0.1, -0.05) is 38.3 Å². The number of ether oxygens (including phenoxy) is 1. The SMILES string of the molecule is CCCNC(CC1CCC1)c1ccc(C)c(OC)c1. The molecule has 1 aromatic rings. The van der Waals surface area contributed by atoms with Gasteiger partial charge >= 0.3 is 0 Å². The Bertz CT molecular complexity index is 398. The zero-order valence-corrected chi connectivity index (χ0v) is 12.5. The highest BCUT2D eigenvalue weighted by atomic mass is 16.5. The second kappa shape index (κ2) is 6.95. The summed E-state index contributed by atoms with van der Waals surface area (Å²) in [6.07, 6.45) is 6.69. The fourth-order valence-corrected chi connectivity index (χ4v) is 2.77. The third-order valence-electron chi connectivity index (χ3n) is 4.27. The van der Waals surface area contributed by atoms with Crippen molar-refractivity contribution in [1.29, 1.82) is 0 Å². The maximum Gasteiger partial charge on any atom is 0.122 e. The molecule has 2 rings (SSSR count). The van der Waals surface area contributed by atoms with Crippen LogP contribution in [0.25, 0.3) is 0 Å². The molecule has 1 aromatic carbocycles. The number of nitrogens with one attached hydrogen (secondary N) is 1. The Morgan fingerprint density at radius 3 is 2.74 bits per heavy atom. The molecule has 1 saturated carbocycles. The summed E-state index contributed by atoms with van der Waals surface area (Å²) in [5.41, 5.74) is 2.59. The molecule has 2 nitrogen and oxygen atoms in total. The molecular formula is C17H27NO. The molecule has 1 fully saturated rings. The Kier molecular flexibility index (Phi) is 5.26. The predicted molar refractivity (Wildman–Crippen MR) is 80.7 cm³/mol. The molecule has 106 valence electrons. The van der Waals surface area contributed by atoms with Crippen LogP contribution in [0.3, 0.4) is 0 Å². The van der Waals surface area contributed by atoms with Crippen LogP contribution in [0, 0.1) is 12.8 Å². The van der Waals surface area contributed by atoms with E-state index in [4.69, 9.17) is 4.74 Å². The first-order chi connectivity index (χ1) is 9.24. The number of benzene rings is 1. The highest BCUT2D eigenvalue weighted by Crippen LogP contribution is 2.35. The van der Waals surface area contributed by atoms with E-state index >= 15 is 0 Å². The normalized spacial score (nSPS) is 17.0. The zero-order chi connectivity index (χ0) is 13.7. The molecule has 1 N–H and O–H groups in total. The lowest BCUT2D eigenvalue weighted by molar-refractivity contribution is 0.261. The monoisotopic (exact) mass is 261 g/mol. The molecule has 0 spiro atoms. The van der Waals surface area contributed by atoms with Gasteiger partial charge in [0.2, 0.25) is 0 Å². The average molecular weight is 261 g/mol. The number of hydrogen-bond donors (Lipinski definition) is 1. The van der Waals surface area contributed by atoms with Gasteiger partial charge in [0.05, 0.1) is 7.11 Å². The minimum absolute atomic E-state index is 0.486. The number of hydrogen-bond acceptors (Lipinski definition) is 2. The molecule has 0 heterocycles. The van der Waals surface area contributed by atoms with Crippen LogP contribution in [0.1, 0.15) is 56.2 Å². The van der Waals surface area contributed by atoms with Gasteiger partial charge in [0, 0.05) is 6.04 Å². The first kappa shape index (κ1) is 14.4. The summed E-state index contributed by atoms with van der Waals surface area (Å²) >= 11 is 0. The van der Waals surface area contributed by atoms with Crippen LogP contribution >= 0.6 is 0 Å². The van der Waals surface area contributed by atoms with Crippen molar-refractivity contribution in [3.63, 3.8) is 0 Å². The van der Waals surface area contributed by atoms with Crippen molar-refractivity contribution >= 4 is 0 Å². The van der Waals surface area contributed by atoms with E-state index in [-0.39, 0.29) is 0 Å². The van der Waals surface area contributed by atoms with Gasteiger partial charge in [0.15, 0.2) is 0 Å². The molecule has 0 amide bonds. The fraction of sp³-hybridized carbons (Fsp3) is 0.647. The predicted octanol–water partition coefficient (Wildman–Crippen LogP) is 4.23. The Hall–Kier alpha value is -1.02. The highest BCUT2D eigenvalue weighted by molar-refractivity contribution is 5.37. The second-order valence-corrected chi connectivity index (χ2v) is 5.77. The summed E-state index contributed by atoms with van der Waals surface area (Å²) < 4.78 is 5.46. The van der Waals surface area contributed by atoms with Crippen molar-refractivity contribution in [3.05, 3.63) is 29.3 Å². The van der Waals surface area contributed by atoms with E-state index < -0.39 is 0 Å². The van der Waals surface area contributed by atoms with E-state index in [2.05, 4.69) is 37.4 Å². The molecule has 0 saturated heterocycles. The summed E-state index contributed by atoms with van der Waals surface area (Å²) in [4.78, 5) is 0. The van der Waals surface area contributed by atoms with Crippen molar-refractivity contribution < 1.29 is 4.74 Å². The molecule has 1 aliphatic carbocycles. The van der Waals surface area contributed by atoms with E-state index in [1.54, 1.807) is 7.11 Å². The van der Waals surface area contributed by atoms with Gasteiger partial charge in [-0.05, 0) is 49.4 Å². The molecule has 1 atom stereocenters. The number of aryl methyl sites for hydroxylation is 1. The second-order valence-electron chi connectivity index (χ2n) is 5.77. The zero-order valence-electron chi connectivity index (χ0n) is 12.5. The van der Waals surface area contributed by atoms with Crippen molar-refractivity contribution in [3.8, 4) is 5.75 Å². The van der Waals surface area contributed by atoms with Gasteiger partial charge in [-0.25, -0.2) is 0 Å². The third kappa shape index (κ3) is 3.73. The van der Waals surface area contributed by atoms with Crippen LogP contribution in [-0.2, 0) is 0 Å². The summed E-state index contributed by atoms with van der Waals surface area (Å²) in [7, 11) is 1.76. The average Bonchev–Trinajstić information content (AvgIpc) is 2.38. The van der Waals surface area contributed by atoms with Crippen LogP contribution in [-0.4, -0.2) is 13.7 Å². The van der Waals surface area contributed by atoms with Gasteiger partial charge in [0.1, 0.15) is 5.75 Å². The third-order valence-corrected chi connectivity index (χ3v) is 4.27. The molecule has 2 heteroatoms. The standard InChI is InChI=1S/C17H27NO/c1-4-10-18-16(11-14-6-5-7-14)15-9-8-13(2)17(12-15)19-3/h8-9,12,14,16,18H,4-7,10-11H2,1-3H3. The Balaban J connectivity index is 2.10. The van der Waals surface area contributed by atoms with E-state index in [9.17, 15) is 0 Å². The Labute approximate surface area is 117 Å². The van der Waals surface area contributed by atoms with E-state index in [0.29, 0.717) is 6.04 Å². The van der Waals surface area contributed by atoms with Crippen LogP contribution in [0.15, 0.2) is 18.2 Å². The van der Waals surface area contributed by atoms with Crippen LogP contribution in [0.4, 0.5) is 0 Å². The topological polar surface area (TPSA) is 21.3 Å². The highest BCUT2D eigenvalue weighted by Gasteiger charge is 2.23. The van der Waals surface area contributed by atoms with Crippen LogP contribution < -0.4 is 10.1 Å². The molecule has 19 heavy (non-hydrogen) atoms. The number of rotatable bonds is 7. The van der Waals surface area contributed by atoms with Crippen molar-refractivity contribution in [2.75, 3.05) is 13.7 Å². The fourth-order valence-electron chi connectivity index (χ4n) is 2.77. The molecule has 1 unspecified atom stereocenters. The maximum absolute atomic E-state index is 5.46. The van der Waals surface area contributed by atoms with Crippen molar-refractivity contribution in [1.82, 2.24) is 5.32 Å². The van der Waals surface area contributed by atoms with Crippen LogP contribution in [0.2, 0.25) is 0 Å². The Morgan fingerprint density at radius 1 is 1.37 bits per heavy atom. The Morgan fingerprint density at radius 2 is 2.16 bits per heavy atom. The smallest absolute Gasteiger partial charge is 0.122 e. The molecular weight excluding hydrogens is 234 g/mol. The lowest BCUT2D eigenvalue weighted by Crippen LogP contribution is -2.26. The van der Waals surface area contributed by atoms with Gasteiger partial charge in [0.25, 0.3) is 0 Å². The van der Waals surface area contributed by atoms with Gasteiger partial charge in [-0.15, -0.1) is 0 Å². The van der Waals surface area contributed by atoms with E-state index in [1.807, 2.05) is 0 Å². The van der Waals surface area contributed by atoms with Crippen molar-refractivity contribution in [2.24, 2.45) is 5.92 Å². The van der Waals surface area contributed by atoms with Gasteiger partial charge in [-0.3, -0.25) is 0 Å². The van der Waals surface area contributed by atoms with Gasteiger partial charge in [-0.2, -0.15) is 0 Å². The quantitative estimate of drug-likeness (QED) is 0.793. The molecule has 0 aliphatic heterocycles. The van der Waals surface area contributed by atoms with Crippen molar-refractivity contribution in [2.45, 2.75) is 52.0 Å². The summed E-state index contributed by atoms with van der Waals surface area (Å²) in [6, 6.07) is 7.13. The molecule has 0 aromatic heterocycles. The van der Waals surface area contributed by atoms with Crippen LogP contribution in [0.5, 0.6) is 5.75 Å². The number of methoxy groups -OCH3 is 1. The largest absolute Gasteiger partial charge is 0.496 e. The molecule has 1 aliphatic rings. The summed E-state index contributed by atoms with van der Waals surface area (Å²) in [6.45, 7) is 5.42. The van der Waals surface area contributed by atoms with Gasteiger partial charge < -0.3 is 10.1 Å². The molecule has 0 bridgehead atoms.